The number of H-pyrrole nitrogens is 1. The lowest BCUT2D eigenvalue weighted by molar-refractivity contribution is 0.148. The molecule has 1 aromatic carbocycles. The number of thiophene rings is 1. The topological polar surface area (TPSA) is 83.9 Å². The standard InChI is InChI=1S/C25H27N7S/c1-31-8-10-32(11-9-31)16-18-2-4-19(5-3-18)23-12-22-24(20(13-26)14-29-25(22)33-23)28-7-6-21-15-27-17-30-21/h2-5,12,14-15,17H,6-11,16H2,1H3,(H,27,30)(H,28,29). The van der Waals surface area contributed by atoms with Crippen LogP contribution in [0.1, 0.15) is 16.8 Å². The number of anilines is 1. The van der Waals surface area contributed by atoms with E-state index in [1.165, 1.54) is 11.1 Å². The Morgan fingerprint density at radius 2 is 1.97 bits per heavy atom. The van der Waals surface area contributed by atoms with E-state index in [-0.39, 0.29) is 0 Å². The number of aromatic nitrogens is 3. The van der Waals surface area contributed by atoms with Gasteiger partial charge in [-0.2, -0.15) is 5.26 Å². The molecule has 3 aromatic heterocycles. The molecule has 4 heterocycles. The Balaban J connectivity index is 1.33. The molecule has 0 bridgehead atoms. The molecule has 2 N–H and O–H groups in total. The van der Waals surface area contributed by atoms with Gasteiger partial charge in [-0.3, -0.25) is 4.90 Å². The van der Waals surface area contributed by atoms with Crippen molar-refractivity contribution in [2.75, 3.05) is 45.1 Å². The monoisotopic (exact) mass is 457 g/mol. The molecule has 1 aliphatic rings. The van der Waals surface area contributed by atoms with Crippen LogP contribution in [0.15, 0.2) is 49.1 Å². The third-order valence-electron chi connectivity index (χ3n) is 6.16. The van der Waals surface area contributed by atoms with Gasteiger partial charge in [0.15, 0.2) is 0 Å². The van der Waals surface area contributed by atoms with E-state index in [2.05, 4.69) is 73.5 Å². The Kier molecular flexibility index (Phi) is 6.35. The first kappa shape index (κ1) is 21.6. The number of fused-ring (bicyclic) bond motifs is 1. The minimum atomic E-state index is 0.566. The maximum atomic E-state index is 9.61. The summed E-state index contributed by atoms with van der Waals surface area (Å²) in [6, 6.07) is 13.3. The highest BCUT2D eigenvalue weighted by Crippen LogP contribution is 2.37. The van der Waals surface area contributed by atoms with Gasteiger partial charge in [0.1, 0.15) is 10.9 Å². The molecule has 0 radical (unpaired) electrons. The van der Waals surface area contributed by atoms with E-state index in [0.717, 1.165) is 65.6 Å². The Morgan fingerprint density at radius 1 is 1.15 bits per heavy atom. The first-order valence-corrected chi connectivity index (χ1v) is 12.1. The van der Waals surface area contributed by atoms with E-state index in [1.807, 2.05) is 6.20 Å². The summed E-state index contributed by atoms with van der Waals surface area (Å²) in [5.41, 5.74) is 4.94. The quantitative estimate of drug-likeness (QED) is 0.437. The predicted molar refractivity (Wildman–Crippen MR) is 133 cm³/mol. The molecule has 1 fully saturated rings. The maximum Gasteiger partial charge on any atom is 0.125 e. The lowest BCUT2D eigenvalue weighted by Crippen LogP contribution is -2.43. The van der Waals surface area contributed by atoms with Gasteiger partial charge in [0, 0.05) is 68.3 Å². The van der Waals surface area contributed by atoms with Crippen molar-refractivity contribution < 1.29 is 0 Å². The summed E-state index contributed by atoms with van der Waals surface area (Å²) < 4.78 is 0. The lowest BCUT2D eigenvalue weighted by atomic mass is 10.1. The molecule has 8 heteroatoms. The number of nitrogens with zero attached hydrogens (tertiary/aromatic N) is 5. The van der Waals surface area contributed by atoms with Crippen molar-refractivity contribution in [2.45, 2.75) is 13.0 Å². The summed E-state index contributed by atoms with van der Waals surface area (Å²) in [5.74, 6) is 0. The van der Waals surface area contributed by atoms with Crippen molar-refractivity contribution in [3.8, 4) is 16.5 Å². The fourth-order valence-electron chi connectivity index (χ4n) is 4.19. The smallest absolute Gasteiger partial charge is 0.125 e. The number of likely N-dealkylation sites (N-methyl/N-ethyl adjacent to an activating group) is 1. The highest BCUT2D eigenvalue weighted by atomic mass is 32.1. The fourth-order valence-corrected chi connectivity index (χ4v) is 5.20. The zero-order chi connectivity index (χ0) is 22.6. The average Bonchev–Trinajstić information content (AvgIpc) is 3.51. The minimum Gasteiger partial charge on any atom is -0.383 e. The average molecular weight is 458 g/mol. The Morgan fingerprint density at radius 3 is 2.70 bits per heavy atom. The third-order valence-corrected chi connectivity index (χ3v) is 7.25. The summed E-state index contributed by atoms with van der Waals surface area (Å²) in [4.78, 5) is 18.8. The molecule has 0 spiro atoms. The number of nitriles is 1. The van der Waals surface area contributed by atoms with Crippen LogP contribution in [-0.4, -0.2) is 64.5 Å². The number of nitrogens with one attached hydrogen (secondary N) is 2. The number of imidazole rings is 1. The van der Waals surface area contributed by atoms with Gasteiger partial charge in [0.2, 0.25) is 0 Å². The zero-order valence-corrected chi connectivity index (χ0v) is 19.5. The highest BCUT2D eigenvalue weighted by molar-refractivity contribution is 7.21. The molecule has 0 unspecified atom stereocenters. The second-order valence-electron chi connectivity index (χ2n) is 8.50. The lowest BCUT2D eigenvalue weighted by Gasteiger charge is -2.32. The van der Waals surface area contributed by atoms with Crippen LogP contribution < -0.4 is 5.32 Å². The van der Waals surface area contributed by atoms with Gasteiger partial charge < -0.3 is 15.2 Å². The second-order valence-corrected chi connectivity index (χ2v) is 9.53. The number of piperazine rings is 1. The van der Waals surface area contributed by atoms with Crippen LogP contribution in [-0.2, 0) is 13.0 Å². The normalized spacial score (nSPS) is 15.0. The molecular formula is C25H27N7S. The number of hydrogen-bond acceptors (Lipinski definition) is 7. The van der Waals surface area contributed by atoms with Crippen molar-refractivity contribution in [1.29, 1.82) is 5.26 Å². The molecule has 168 valence electrons. The van der Waals surface area contributed by atoms with Gasteiger partial charge >= 0.3 is 0 Å². The third kappa shape index (κ3) is 4.91. The molecule has 33 heavy (non-hydrogen) atoms. The number of benzene rings is 1. The Hall–Kier alpha value is -3.25. The summed E-state index contributed by atoms with van der Waals surface area (Å²) in [5, 5.41) is 14.1. The van der Waals surface area contributed by atoms with Crippen LogP contribution in [0.25, 0.3) is 20.7 Å². The van der Waals surface area contributed by atoms with Crippen LogP contribution in [0, 0.1) is 11.3 Å². The van der Waals surface area contributed by atoms with Crippen LogP contribution >= 0.6 is 11.3 Å². The van der Waals surface area contributed by atoms with Crippen LogP contribution in [0.5, 0.6) is 0 Å². The number of pyridine rings is 1. The van der Waals surface area contributed by atoms with Crippen LogP contribution in [0.3, 0.4) is 0 Å². The Bertz CT molecular complexity index is 1250. The van der Waals surface area contributed by atoms with E-state index in [4.69, 9.17) is 0 Å². The number of hydrogen-bond donors (Lipinski definition) is 2. The molecule has 1 aliphatic heterocycles. The van der Waals surface area contributed by atoms with Gasteiger partial charge in [-0.25, -0.2) is 9.97 Å². The molecule has 0 atom stereocenters. The molecule has 0 saturated carbocycles. The molecule has 0 aliphatic carbocycles. The second kappa shape index (κ2) is 9.71. The van der Waals surface area contributed by atoms with Gasteiger partial charge in [-0.1, -0.05) is 24.3 Å². The first-order chi connectivity index (χ1) is 16.2. The van der Waals surface area contributed by atoms with Crippen molar-refractivity contribution >= 4 is 27.2 Å². The summed E-state index contributed by atoms with van der Waals surface area (Å²) >= 11 is 1.66. The van der Waals surface area contributed by atoms with Crippen molar-refractivity contribution in [1.82, 2.24) is 24.8 Å². The Labute approximate surface area is 197 Å². The van der Waals surface area contributed by atoms with Gasteiger partial charge in [-0.15, -0.1) is 11.3 Å². The fraction of sp³-hybridized carbons (Fsp3) is 0.320. The number of rotatable bonds is 7. The SMILES string of the molecule is CN1CCN(Cc2ccc(-c3cc4c(NCCc5c[nH]cn5)c(C#N)cnc4s3)cc2)CC1. The van der Waals surface area contributed by atoms with E-state index in [0.29, 0.717) is 12.1 Å². The van der Waals surface area contributed by atoms with E-state index < -0.39 is 0 Å². The van der Waals surface area contributed by atoms with Crippen LogP contribution in [0.4, 0.5) is 5.69 Å². The van der Waals surface area contributed by atoms with Crippen LogP contribution in [0.2, 0.25) is 0 Å². The van der Waals surface area contributed by atoms with Crippen molar-refractivity contribution in [3.05, 3.63) is 65.9 Å². The molecule has 4 aromatic rings. The molecule has 0 amide bonds. The first-order valence-electron chi connectivity index (χ1n) is 11.2. The maximum absolute atomic E-state index is 9.61. The molecular weight excluding hydrogens is 430 g/mol. The number of aromatic amines is 1. The van der Waals surface area contributed by atoms with E-state index >= 15 is 0 Å². The van der Waals surface area contributed by atoms with Crippen molar-refractivity contribution in [2.24, 2.45) is 0 Å². The van der Waals surface area contributed by atoms with Crippen molar-refractivity contribution in [3.63, 3.8) is 0 Å². The summed E-state index contributed by atoms with van der Waals surface area (Å²) in [7, 11) is 2.19. The summed E-state index contributed by atoms with van der Waals surface area (Å²) in [6.07, 6.45) is 6.02. The van der Waals surface area contributed by atoms with Gasteiger partial charge in [-0.05, 0) is 24.2 Å². The predicted octanol–water partition coefficient (Wildman–Crippen LogP) is 3.96. The molecule has 1 saturated heterocycles. The van der Waals surface area contributed by atoms with E-state index in [1.54, 1.807) is 23.9 Å². The molecule has 5 rings (SSSR count). The zero-order valence-electron chi connectivity index (χ0n) is 18.7. The minimum absolute atomic E-state index is 0.566. The summed E-state index contributed by atoms with van der Waals surface area (Å²) in [6.45, 7) is 6.21. The van der Waals surface area contributed by atoms with Gasteiger partial charge in [0.05, 0.1) is 23.3 Å². The highest BCUT2D eigenvalue weighted by Gasteiger charge is 2.15. The molecule has 7 nitrogen and oxygen atoms in total. The van der Waals surface area contributed by atoms with Gasteiger partial charge in [0.25, 0.3) is 0 Å². The largest absolute Gasteiger partial charge is 0.383 e. The van der Waals surface area contributed by atoms with E-state index in [9.17, 15) is 5.26 Å².